The van der Waals surface area contributed by atoms with Crippen molar-refractivity contribution in [2.24, 2.45) is 5.92 Å². The lowest BCUT2D eigenvalue weighted by molar-refractivity contribution is -0.140. The summed E-state index contributed by atoms with van der Waals surface area (Å²) in [5.41, 5.74) is 0.935. The molecule has 1 saturated carbocycles. The van der Waals surface area contributed by atoms with E-state index in [4.69, 9.17) is 0 Å². The Kier molecular flexibility index (Phi) is 5.43. The highest BCUT2D eigenvalue weighted by Gasteiger charge is 2.35. The second-order valence-corrected chi connectivity index (χ2v) is 8.59. The SMILES string of the molecule is O=C(NCc1csc(N2CCCC2)n1)[C@H]1CCC(=O)N(C2CCCC2)C1. The van der Waals surface area contributed by atoms with Crippen LogP contribution >= 0.6 is 11.3 Å². The Morgan fingerprint density at radius 2 is 1.96 bits per heavy atom. The fourth-order valence-corrected chi connectivity index (χ4v) is 5.29. The lowest BCUT2D eigenvalue weighted by Crippen LogP contribution is -2.49. The first-order chi connectivity index (χ1) is 12.7. The Labute approximate surface area is 159 Å². The summed E-state index contributed by atoms with van der Waals surface area (Å²) in [4.78, 5) is 33.8. The Morgan fingerprint density at radius 3 is 2.73 bits per heavy atom. The lowest BCUT2D eigenvalue weighted by Gasteiger charge is -2.36. The van der Waals surface area contributed by atoms with Crippen molar-refractivity contribution in [3.63, 3.8) is 0 Å². The first-order valence-electron chi connectivity index (χ1n) is 9.97. The molecule has 2 aliphatic heterocycles. The van der Waals surface area contributed by atoms with Gasteiger partial charge in [-0.3, -0.25) is 9.59 Å². The van der Waals surface area contributed by atoms with Gasteiger partial charge in [0.25, 0.3) is 0 Å². The number of likely N-dealkylation sites (tertiary alicyclic amines) is 1. The van der Waals surface area contributed by atoms with Gasteiger partial charge in [-0.15, -0.1) is 11.3 Å². The number of carbonyl (C=O) groups is 2. The van der Waals surface area contributed by atoms with E-state index >= 15 is 0 Å². The van der Waals surface area contributed by atoms with Crippen LogP contribution in [0.5, 0.6) is 0 Å². The van der Waals surface area contributed by atoms with E-state index in [1.165, 1.54) is 25.7 Å². The van der Waals surface area contributed by atoms with Crippen LogP contribution in [0.4, 0.5) is 5.13 Å². The number of aromatic nitrogens is 1. The highest BCUT2D eigenvalue weighted by molar-refractivity contribution is 7.13. The number of amides is 2. The smallest absolute Gasteiger partial charge is 0.225 e. The lowest BCUT2D eigenvalue weighted by atomic mass is 9.95. The number of piperidine rings is 1. The summed E-state index contributed by atoms with van der Waals surface area (Å²) in [6, 6.07) is 0.361. The highest BCUT2D eigenvalue weighted by Crippen LogP contribution is 2.29. The maximum Gasteiger partial charge on any atom is 0.225 e. The van der Waals surface area contributed by atoms with E-state index in [9.17, 15) is 9.59 Å². The van der Waals surface area contributed by atoms with Crippen molar-refractivity contribution >= 4 is 28.3 Å². The van der Waals surface area contributed by atoms with Crippen molar-refractivity contribution in [1.82, 2.24) is 15.2 Å². The largest absolute Gasteiger partial charge is 0.350 e. The molecule has 2 amide bonds. The van der Waals surface area contributed by atoms with Crippen LogP contribution < -0.4 is 10.2 Å². The van der Waals surface area contributed by atoms with Crippen LogP contribution in [0.1, 0.15) is 57.1 Å². The minimum absolute atomic E-state index is 0.0659. The molecule has 0 spiro atoms. The molecule has 0 radical (unpaired) electrons. The second-order valence-electron chi connectivity index (χ2n) is 7.75. The normalized spacial score (nSPS) is 24.5. The van der Waals surface area contributed by atoms with Crippen molar-refractivity contribution in [3.05, 3.63) is 11.1 Å². The van der Waals surface area contributed by atoms with E-state index in [1.54, 1.807) is 11.3 Å². The molecule has 7 heteroatoms. The van der Waals surface area contributed by atoms with Gasteiger partial charge in [0.1, 0.15) is 0 Å². The van der Waals surface area contributed by atoms with Gasteiger partial charge in [-0.1, -0.05) is 12.8 Å². The summed E-state index contributed by atoms with van der Waals surface area (Å²) < 4.78 is 0. The van der Waals surface area contributed by atoms with Crippen molar-refractivity contribution < 1.29 is 9.59 Å². The summed E-state index contributed by atoms with van der Waals surface area (Å²) >= 11 is 1.66. The molecule has 1 aromatic heterocycles. The number of hydrogen-bond acceptors (Lipinski definition) is 5. The predicted octanol–water partition coefficient (Wildman–Crippen LogP) is 2.54. The number of nitrogens with zero attached hydrogens (tertiary/aromatic N) is 3. The van der Waals surface area contributed by atoms with E-state index in [1.807, 2.05) is 10.3 Å². The molecule has 3 fully saturated rings. The molecule has 26 heavy (non-hydrogen) atoms. The van der Waals surface area contributed by atoms with Crippen LogP contribution in [0, 0.1) is 5.92 Å². The molecule has 6 nitrogen and oxygen atoms in total. The second kappa shape index (κ2) is 7.94. The fourth-order valence-electron chi connectivity index (χ4n) is 4.41. The maximum absolute atomic E-state index is 12.6. The minimum Gasteiger partial charge on any atom is -0.350 e. The molecule has 1 aliphatic carbocycles. The van der Waals surface area contributed by atoms with Crippen LogP contribution in [0.2, 0.25) is 0 Å². The van der Waals surface area contributed by atoms with Gasteiger partial charge in [-0.05, 0) is 32.1 Å². The molecule has 1 atom stereocenters. The Hall–Kier alpha value is -1.63. The molecule has 0 bridgehead atoms. The van der Waals surface area contributed by atoms with E-state index in [0.717, 1.165) is 36.8 Å². The number of hydrogen-bond donors (Lipinski definition) is 1. The van der Waals surface area contributed by atoms with E-state index in [-0.39, 0.29) is 17.7 Å². The standard InChI is InChI=1S/C19H28N4O2S/c24-17-8-7-14(12-23(17)16-5-1-2-6-16)18(25)20-11-15-13-26-19(21-15)22-9-3-4-10-22/h13-14,16H,1-12H2,(H,20,25)/t14-/m0/s1. The zero-order valence-corrected chi connectivity index (χ0v) is 16.1. The first kappa shape index (κ1) is 17.8. The number of carbonyl (C=O) groups excluding carboxylic acids is 2. The highest BCUT2D eigenvalue weighted by atomic mass is 32.1. The summed E-state index contributed by atoms with van der Waals surface area (Å²) in [6.07, 6.45) is 8.25. The third-order valence-electron chi connectivity index (χ3n) is 5.94. The molecule has 3 heterocycles. The molecular weight excluding hydrogens is 348 g/mol. The van der Waals surface area contributed by atoms with Crippen LogP contribution in [-0.2, 0) is 16.1 Å². The number of nitrogens with one attached hydrogen (secondary N) is 1. The van der Waals surface area contributed by atoms with E-state index in [0.29, 0.717) is 32.0 Å². The van der Waals surface area contributed by atoms with Crippen LogP contribution in [0.3, 0.4) is 0 Å². The Balaban J connectivity index is 1.29. The van der Waals surface area contributed by atoms with Gasteiger partial charge in [0, 0.05) is 37.5 Å². The van der Waals surface area contributed by atoms with Crippen molar-refractivity contribution in [2.75, 3.05) is 24.5 Å². The van der Waals surface area contributed by atoms with Crippen molar-refractivity contribution in [3.8, 4) is 0 Å². The number of rotatable bonds is 5. The minimum atomic E-state index is -0.0787. The molecule has 1 aromatic rings. The summed E-state index contributed by atoms with van der Waals surface area (Å²) in [5, 5.41) is 6.16. The van der Waals surface area contributed by atoms with Gasteiger partial charge in [0.2, 0.25) is 11.8 Å². The quantitative estimate of drug-likeness (QED) is 0.858. The molecule has 0 unspecified atom stereocenters. The summed E-state index contributed by atoms with van der Waals surface area (Å²) in [6.45, 7) is 3.25. The summed E-state index contributed by atoms with van der Waals surface area (Å²) in [7, 11) is 0. The fraction of sp³-hybridized carbons (Fsp3) is 0.737. The van der Waals surface area contributed by atoms with Gasteiger partial charge in [-0.25, -0.2) is 4.98 Å². The molecule has 142 valence electrons. The van der Waals surface area contributed by atoms with E-state index < -0.39 is 0 Å². The zero-order chi connectivity index (χ0) is 17.9. The molecule has 4 rings (SSSR count). The monoisotopic (exact) mass is 376 g/mol. The van der Waals surface area contributed by atoms with Gasteiger partial charge < -0.3 is 15.1 Å². The van der Waals surface area contributed by atoms with E-state index in [2.05, 4.69) is 15.2 Å². The average Bonchev–Trinajstić information content (AvgIpc) is 3.42. The zero-order valence-electron chi connectivity index (χ0n) is 15.3. The predicted molar refractivity (Wildman–Crippen MR) is 102 cm³/mol. The third kappa shape index (κ3) is 3.87. The number of thiazole rings is 1. The van der Waals surface area contributed by atoms with Crippen molar-refractivity contribution in [2.45, 2.75) is 64.0 Å². The van der Waals surface area contributed by atoms with Crippen molar-refractivity contribution in [1.29, 1.82) is 0 Å². The molecule has 3 aliphatic rings. The summed E-state index contributed by atoms with van der Waals surface area (Å²) in [5.74, 6) is 0.219. The van der Waals surface area contributed by atoms with Gasteiger partial charge in [-0.2, -0.15) is 0 Å². The van der Waals surface area contributed by atoms with Crippen LogP contribution in [-0.4, -0.2) is 47.4 Å². The topological polar surface area (TPSA) is 65.5 Å². The third-order valence-corrected chi connectivity index (χ3v) is 6.89. The van der Waals surface area contributed by atoms with Crippen LogP contribution in [0.25, 0.3) is 0 Å². The Bertz CT molecular complexity index is 650. The molecular formula is C19H28N4O2S. The van der Waals surface area contributed by atoms with Gasteiger partial charge >= 0.3 is 0 Å². The van der Waals surface area contributed by atoms with Gasteiger partial charge in [0.15, 0.2) is 5.13 Å². The molecule has 0 aromatic carbocycles. The average molecular weight is 377 g/mol. The Morgan fingerprint density at radius 1 is 1.19 bits per heavy atom. The van der Waals surface area contributed by atoms with Gasteiger partial charge in [0.05, 0.1) is 18.2 Å². The maximum atomic E-state index is 12.6. The number of anilines is 1. The first-order valence-corrected chi connectivity index (χ1v) is 10.9. The molecule has 2 saturated heterocycles. The van der Waals surface area contributed by atoms with Crippen LogP contribution in [0.15, 0.2) is 5.38 Å². The molecule has 1 N–H and O–H groups in total.